The molecule has 9 heavy (non-hydrogen) atoms. The van der Waals surface area contributed by atoms with E-state index in [1.807, 2.05) is 0 Å². The molecule has 0 radical (unpaired) electrons. The zero-order chi connectivity index (χ0) is 5.90. The fraction of sp³-hybridized carbons (Fsp3) is 1.00. The van der Waals surface area contributed by atoms with Crippen LogP contribution in [0.5, 0.6) is 0 Å². The average Bonchev–Trinajstić information content (AvgIpc) is 2.54. The molecule has 1 aliphatic heterocycles. The molecule has 3 aliphatic rings. The summed E-state index contributed by atoms with van der Waals surface area (Å²) in [5, 5.41) is 0. The lowest BCUT2D eigenvalue weighted by Gasteiger charge is -2.38. The van der Waals surface area contributed by atoms with Gasteiger partial charge in [-0.1, -0.05) is 6.42 Å². The van der Waals surface area contributed by atoms with E-state index in [1.165, 1.54) is 25.7 Å². The second-order valence-corrected chi connectivity index (χ2v) is 3.86. The quantitative estimate of drug-likeness (QED) is 0.446. The third-order valence-corrected chi connectivity index (χ3v) is 3.46. The molecular formula is C8H12O. The van der Waals surface area contributed by atoms with Crippen LogP contribution in [-0.2, 0) is 4.74 Å². The Balaban J connectivity index is 1.87. The highest BCUT2D eigenvalue weighted by atomic mass is 16.6. The summed E-state index contributed by atoms with van der Waals surface area (Å²) in [6.45, 7) is 1.09. The minimum absolute atomic E-state index is 0.473. The largest absolute Gasteiger partial charge is 0.369 e. The maximum Gasteiger partial charge on any atom is 0.0949 e. The summed E-state index contributed by atoms with van der Waals surface area (Å²) in [6, 6.07) is 0. The molecule has 1 heteroatoms. The van der Waals surface area contributed by atoms with Gasteiger partial charge in [-0.2, -0.15) is 0 Å². The van der Waals surface area contributed by atoms with Gasteiger partial charge in [0.1, 0.15) is 0 Å². The van der Waals surface area contributed by atoms with Gasteiger partial charge in [0.05, 0.1) is 12.2 Å². The standard InChI is InChI=1S/C8H12O/c1-2-6-4-8(5-9-8)7(6)3-1/h6-7H,1-5H2. The molecule has 1 heterocycles. The first-order chi connectivity index (χ1) is 4.41. The molecule has 0 amide bonds. The van der Waals surface area contributed by atoms with Gasteiger partial charge in [-0.3, -0.25) is 0 Å². The normalized spacial score (nSPS) is 61.3. The van der Waals surface area contributed by atoms with Gasteiger partial charge in [-0.15, -0.1) is 0 Å². The van der Waals surface area contributed by atoms with E-state index in [0.29, 0.717) is 5.60 Å². The maximum atomic E-state index is 5.45. The molecule has 0 aromatic heterocycles. The third-order valence-electron chi connectivity index (χ3n) is 3.46. The Labute approximate surface area is 55.4 Å². The number of ether oxygens (including phenoxy) is 1. The topological polar surface area (TPSA) is 12.5 Å². The number of hydrogen-bond donors (Lipinski definition) is 0. The minimum Gasteiger partial charge on any atom is -0.369 e. The molecule has 0 aromatic carbocycles. The van der Waals surface area contributed by atoms with Crippen molar-refractivity contribution in [3.8, 4) is 0 Å². The lowest BCUT2D eigenvalue weighted by atomic mass is 9.66. The van der Waals surface area contributed by atoms with Crippen LogP contribution in [0.4, 0.5) is 0 Å². The van der Waals surface area contributed by atoms with E-state index in [4.69, 9.17) is 4.74 Å². The molecule has 2 aliphatic carbocycles. The molecule has 2 saturated carbocycles. The lowest BCUT2D eigenvalue weighted by molar-refractivity contribution is 0.0542. The van der Waals surface area contributed by atoms with Crippen LogP contribution >= 0.6 is 0 Å². The Morgan fingerprint density at radius 1 is 1.33 bits per heavy atom. The van der Waals surface area contributed by atoms with Crippen LogP contribution in [-0.4, -0.2) is 12.2 Å². The van der Waals surface area contributed by atoms with Gasteiger partial charge in [0.2, 0.25) is 0 Å². The first kappa shape index (κ1) is 4.73. The number of epoxide rings is 1. The molecule has 0 N–H and O–H groups in total. The minimum atomic E-state index is 0.473. The zero-order valence-corrected chi connectivity index (χ0v) is 5.60. The molecule has 0 bridgehead atoms. The van der Waals surface area contributed by atoms with Gasteiger partial charge >= 0.3 is 0 Å². The van der Waals surface area contributed by atoms with E-state index in [2.05, 4.69) is 0 Å². The summed E-state index contributed by atoms with van der Waals surface area (Å²) in [5.74, 6) is 2.07. The Bertz CT molecular complexity index is 149. The van der Waals surface area contributed by atoms with E-state index < -0.39 is 0 Å². The summed E-state index contributed by atoms with van der Waals surface area (Å²) >= 11 is 0. The maximum absolute atomic E-state index is 5.45. The van der Waals surface area contributed by atoms with Crippen LogP contribution in [0.3, 0.4) is 0 Å². The molecule has 1 nitrogen and oxygen atoms in total. The highest BCUT2D eigenvalue weighted by Crippen LogP contribution is 2.61. The van der Waals surface area contributed by atoms with Gasteiger partial charge in [-0.25, -0.2) is 0 Å². The van der Waals surface area contributed by atoms with Crippen molar-refractivity contribution in [2.75, 3.05) is 6.61 Å². The van der Waals surface area contributed by atoms with Crippen molar-refractivity contribution in [1.82, 2.24) is 0 Å². The van der Waals surface area contributed by atoms with Gasteiger partial charge in [0, 0.05) is 0 Å². The second kappa shape index (κ2) is 1.20. The molecule has 1 spiro atoms. The smallest absolute Gasteiger partial charge is 0.0949 e. The van der Waals surface area contributed by atoms with Crippen molar-refractivity contribution in [2.24, 2.45) is 11.8 Å². The molecule has 3 rings (SSSR count). The summed E-state index contributed by atoms with van der Waals surface area (Å²) in [7, 11) is 0. The Morgan fingerprint density at radius 3 is 2.89 bits per heavy atom. The lowest BCUT2D eigenvalue weighted by Crippen LogP contribution is -2.41. The van der Waals surface area contributed by atoms with Crippen LogP contribution in [0.1, 0.15) is 25.7 Å². The SMILES string of the molecule is C1CC2CC3(CO3)C2C1. The van der Waals surface area contributed by atoms with Crippen molar-refractivity contribution in [3.63, 3.8) is 0 Å². The Hall–Kier alpha value is -0.0400. The van der Waals surface area contributed by atoms with Crippen molar-refractivity contribution >= 4 is 0 Å². The molecule has 1 saturated heterocycles. The Morgan fingerprint density at radius 2 is 2.22 bits per heavy atom. The van der Waals surface area contributed by atoms with Gasteiger partial charge in [-0.05, 0) is 31.1 Å². The zero-order valence-electron chi connectivity index (χ0n) is 5.60. The molecule has 3 fully saturated rings. The van der Waals surface area contributed by atoms with E-state index in [9.17, 15) is 0 Å². The van der Waals surface area contributed by atoms with Gasteiger partial charge in [0.15, 0.2) is 0 Å². The van der Waals surface area contributed by atoms with Gasteiger partial charge in [0.25, 0.3) is 0 Å². The molecule has 50 valence electrons. The summed E-state index contributed by atoms with van der Waals surface area (Å²) < 4.78 is 5.45. The van der Waals surface area contributed by atoms with Crippen LogP contribution in [0.25, 0.3) is 0 Å². The van der Waals surface area contributed by atoms with Crippen LogP contribution in [0.2, 0.25) is 0 Å². The number of rotatable bonds is 0. The molecule has 3 atom stereocenters. The molecule has 0 aromatic rings. The van der Waals surface area contributed by atoms with E-state index in [1.54, 1.807) is 0 Å². The first-order valence-corrected chi connectivity index (χ1v) is 4.05. The van der Waals surface area contributed by atoms with E-state index >= 15 is 0 Å². The van der Waals surface area contributed by atoms with Gasteiger partial charge < -0.3 is 4.74 Å². The van der Waals surface area contributed by atoms with Crippen LogP contribution in [0, 0.1) is 11.8 Å². The highest BCUT2D eigenvalue weighted by Gasteiger charge is 2.64. The summed E-state index contributed by atoms with van der Waals surface area (Å²) in [5.41, 5.74) is 0.473. The van der Waals surface area contributed by atoms with E-state index in [0.717, 1.165) is 18.4 Å². The third kappa shape index (κ3) is 0.420. The monoisotopic (exact) mass is 124 g/mol. The first-order valence-electron chi connectivity index (χ1n) is 4.05. The van der Waals surface area contributed by atoms with Crippen molar-refractivity contribution < 1.29 is 4.74 Å². The van der Waals surface area contributed by atoms with Crippen LogP contribution in [0.15, 0.2) is 0 Å². The fourth-order valence-electron chi connectivity index (χ4n) is 2.83. The Kier molecular flexibility index (Phi) is 0.628. The van der Waals surface area contributed by atoms with Crippen molar-refractivity contribution in [2.45, 2.75) is 31.3 Å². The fourth-order valence-corrected chi connectivity index (χ4v) is 2.83. The van der Waals surface area contributed by atoms with Crippen molar-refractivity contribution in [1.29, 1.82) is 0 Å². The molecular weight excluding hydrogens is 112 g/mol. The second-order valence-electron chi connectivity index (χ2n) is 3.86. The van der Waals surface area contributed by atoms with Crippen molar-refractivity contribution in [3.05, 3.63) is 0 Å². The predicted octanol–water partition coefficient (Wildman–Crippen LogP) is 1.58. The number of fused-ring (bicyclic) bond motifs is 2. The van der Waals surface area contributed by atoms with Crippen LogP contribution < -0.4 is 0 Å². The molecule has 3 unspecified atom stereocenters. The summed E-state index contributed by atoms with van der Waals surface area (Å²) in [6.07, 6.45) is 5.83. The summed E-state index contributed by atoms with van der Waals surface area (Å²) in [4.78, 5) is 0. The highest BCUT2D eigenvalue weighted by molar-refractivity contribution is 5.12. The average molecular weight is 124 g/mol. The number of hydrogen-bond acceptors (Lipinski definition) is 1. The van der Waals surface area contributed by atoms with E-state index in [-0.39, 0.29) is 0 Å². The predicted molar refractivity (Wildman–Crippen MR) is 34.1 cm³/mol.